The smallest absolute Gasteiger partial charge is 0.307 e. The molecule has 1 aromatic carbocycles. The number of hydrogen-bond acceptors (Lipinski definition) is 6. The van der Waals surface area contributed by atoms with Crippen molar-refractivity contribution < 1.29 is 28.9 Å². The van der Waals surface area contributed by atoms with Gasteiger partial charge in [0.15, 0.2) is 0 Å². The number of methoxy groups -OCH3 is 2. The molecule has 1 heterocycles. The average molecular weight is 440 g/mol. The minimum atomic E-state index is -0.706. The molecular weight excluding hydrogens is 410 g/mol. The minimum Gasteiger partial charge on any atom is -0.496 e. The summed E-state index contributed by atoms with van der Waals surface area (Å²) in [7, 11) is 4.23. The van der Waals surface area contributed by atoms with E-state index in [0.717, 1.165) is 25.5 Å². The van der Waals surface area contributed by atoms with Crippen LogP contribution in [0.2, 0.25) is 5.02 Å². The van der Waals surface area contributed by atoms with Gasteiger partial charge in [-0.1, -0.05) is 18.5 Å². The molecule has 1 aromatic rings. The predicted molar refractivity (Wildman–Crippen MR) is 114 cm³/mol. The summed E-state index contributed by atoms with van der Waals surface area (Å²) in [6.07, 6.45) is 3.61. The van der Waals surface area contributed by atoms with E-state index in [1.807, 2.05) is 13.0 Å². The van der Waals surface area contributed by atoms with Gasteiger partial charge in [0.05, 0.1) is 24.3 Å². The fourth-order valence-corrected chi connectivity index (χ4v) is 4.46. The number of halogens is 1. The number of benzene rings is 1. The molecule has 1 aliphatic carbocycles. The minimum absolute atomic E-state index is 0.140. The van der Waals surface area contributed by atoms with E-state index in [-0.39, 0.29) is 12.0 Å². The number of hydrogen-bond donors (Lipinski definition) is 2. The summed E-state index contributed by atoms with van der Waals surface area (Å²) in [6, 6.07) is 3.49. The van der Waals surface area contributed by atoms with Crippen LogP contribution in [0.4, 0.5) is 0 Å². The van der Waals surface area contributed by atoms with E-state index in [0.29, 0.717) is 46.9 Å². The molecule has 166 valence electrons. The third-order valence-corrected chi connectivity index (χ3v) is 5.82. The lowest BCUT2D eigenvalue weighted by Crippen LogP contribution is -2.49. The normalized spacial score (nSPS) is 23.0. The summed E-state index contributed by atoms with van der Waals surface area (Å²) >= 11 is 6.22. The maximum absolute atomic E-state index is 13.1. The molecule has 1 saturated carbocycles. The maximum Gasteiger partial charge on any atom is 0.307 e. The molecule has 1 aliphatic heterocycles. The van der Waals surface area contributed by atoms with Gasteiger partial charge in [-0.25, -0.2) is 0 Å². The number of carbonyl (C=O) groups is 2. The Balaban J connectivity index is 0.00000155. The first-order chi connectivity index (χ1) is 14.3. The van der Waals surface area contributed by atoms with Gasteiger partial charge in [-0.2, -0.15) is 0 Å². The average Bonchev–Trinajstić information content (AvgIpc) is 2.99. The van der Waals surface area contributed by atoms with E-state index >= 15 is 0 Å². The first kappa shape index (κ1) is 24.2. The quantitative estimate of drug-likeness (QED) is 0.684. The molecular formula is C22H30ClNO6. The van der Waals surface area contributed by atoms with Crippen molar-refractivity contribution in [2.75, 3.05) is 21.3 Å². The van der Waals surface area contributed by atoms with Crippen molar-refractivity contribution in [3.63, 3.8) is 0 Å². The molecule has 0 unspecified atom stereocenters. The second-order valence-corrected chi connectivity index (χ2v) is 7.70. The third-order valence-electron chi connectivity index (χ3n) is 5.61. The van der Waals surface area contributed by atoms with Gasteiger partial charge < -0.3 is 24.6 Å². The van der Waals surface area contributed by atoms with Crippen molar-refractivity contribution in [1.29, 1.82) is 0 Å². The molecule has 30 heavy (non-hydrogen) atoms. The van der Waals surface area contributed by atoms with Crippen molar-refractivity contribution in [2.45, 2.75) is 57.6 Å². The Morgan fingerprint density at radius 3 is 2.40 bits per heavy atom. The van der Waals surface area contributed by atoms with Crippen LogP contribution < -0.4 is 10.1 Å². The predicted octanol–water partition coefficient (Wildman–Crippen LogP) is 3.25. The van der Waals surface area contributed by atoms with Crippen LogP contribution >= 0.6 is 11.6 Å². The van der Waals surface area contributed by atoms with Gasteiger partial charge in [0, 0.05) is 31.7 Å². The van der Waals surface area contributed by atoms with Gasteiger partial charge in [0.25, 0.3) is 5.91 Å². The number of amides is 1. The van der Waals surface area contributed by atoms with Crippen LogP contribution in [0, 0.1) is 0 Å². The standard InChI is InChI=1S/C21H26ClNO5.CH4O/c1-5-13-10-14(22)11-16(27-4)17(13)18-19(28-12(2)24)21(23-20(18)25)8-6-15(26-3)7-9-21;1-2/h10-11,15H,5-9H2,1-4H3,(H,23,25);2H,1H3. The Bertz CT molecular complexity index is 802. The van der Waals surface area contributed by atoms with Crippen molar-refractivity contribution in [1.82, 2.24) is 5.32 Å². The number of aliphatic hydroxyl groups excluding tert-OH is 1. The lowest BCUT2D eigenvalue weighted by atomic mass is 9.79. The highest BCUT2D eigenvalue weighted by Gasteiger charge is 2.50. The molecule has 3 rings (SSSR count). The van der Waals surface area contributed by atoms with Crippen LogP contribution in [0.5, 0.6) is 5.75 Å². The summed E-state index contributed by atoms with van der Waals surface area (Å²) in [5.41, 5.74) is 1.15. The Kier molecular flexibility index (Phi) is 8.29. The zero-order valence-corrected chi connectivity index (χ0v) is 18.9. The largest absolute Gasteiger partial charge is 0.496 e. The second kappa shape index (κ2) is 10.3. The van der Waals surface area contributed by atoms with Gasteiger partial charge in [-0.05, 0) is 49.8 Å². The van der Waals surface area contributed by atoms with Crippen LogP contribution in [-0.2, 0) is 25.5 Å². The summed E-state index contributed by atoms with van der Waals surface area (Å²) in [6.45, 7) is 3.33. The molecule has 7 nitrogen and oxygen atoms in total. The van der Waals surface area contributed by atoms with Crippen LogP contribution in [0.1, 0.15) is 50.7 Å². The molecule has 0 atom stereocenters. The molecule has 8 heteroatoms. The number of esters is 1. The molecule has 0 bridgehead atoms. The molecule has 0 radical (unpaired) electrons. The number of aliphatic hydroxyl groups is 1. The van der Waals surface area contributed by atoms with Gasteiger partial charge >= 0.3 is 5.97 Å². The highest BCUT2D eigenvalue weighted by Crippen LogP contribution is 2.46. The van der Waals surface area contributed by atoms with E-state index < -0.39 is 11.5 Å². The highest BCUT2D eigenvalue weighted by molar-refractivity contribution is 6.31. The molecule has 1 fully saturated rings. The number of aryl methyl sites for hydroxylation is 1. The van der Waals surface area contributed by atoms with Gasteiger partial charge in [0.2, 0.25) is 0 Å². The SMILES string of the molecule is CCc1cc(Cl)cc(OC)c1C1=C(OC(C)=O)C2(CCC(OC)CC2)NC1=O.CO. The number of rotatable bonds is 5. The van der Waals surface area contributed by atoms with Crippen molar-refractivity contribution in [3.05, 3.63) is 34.0 Å². The lowest BCUT2D eigenvalue weighted by Gasteiger charge is -2.37. The van der Waals surface area contributed by atoms with E-state index in [9.17, 15) is 9.59 Å². The molecule has 2 aliphatic rings. The topological polar surface area (TPSA) is 94.1 Å². The zero-order valence-electron chi connectivity index (χ0n) is 18.1. The number of carbonyl (C=O) groups excluding carboxylic acids is 2. The molecule has 2 N–H and O–H groups in total. The number of ether oxygens (including phenoxy) is 3. The van der Waals surface area contributed by atoms with Crippen LogP contribution in [0.3, 0.4) is 0 Å². The van der Waals surface area contributed by atoms with E-state index in [4.69, 9.17) is 30.9 Å². The molecule has 0 saturated heterocycles. The van der Waals surface area contributed by atoms with E-state index in [1.165, 1.54) is 14.0 Å². The highest BCUT2D eigenvalue weighted by atomic mass is 35.5. The number of nitrogens with one attached hydrogen (secondary N) is 1. The summed E-state index contributed by atoms with van der Waals surface area (Å²) in [4.78, 5) is 25.1. The summed E-state index contributed by atoms with van der Waals surface area (Å²) in [5.74, 6) is 0.155. The van der Waals surface area contributed by atoms with Crippen LogP contribution in [0.15, 0.2) is 17.9 Å². The third kappa shape index (κ3) is 4.63. The molecule has 1 spiro atoms. The molecule has 0 aromatic heterocycles. The van der Waals surface area contributed by atoms with Gasteiger partial charge in [0.1, 0.15) is 11.5 Å². The fraction of sp³-hybridized carbons (Fsp3) is 0.545. The second-order valence-electron chi connectivity index (χ2n) is 7.26. The zero-order chi connectivity index (χ0) is 22.5. The first-order valence-corrected chi connectivity index (χ1v) is 10.3. The van der Waals surface area contributed by atoms with Crippen molar-refractivity contribution in [3.8, 4) is 5.75 Å². The van der Waals surface area contributed by atoms with Crippen molar-refractivity contribution in [2.24, 2.45) is 0 Å². The van der Waals surface area contributed by atoms with Gasteiger partial charge in [-0.3, -0.25) is 9.59 Å². The van der Waals surface area contributed by atoms with Crippen molar-refractivity contribution >= 4 is 29.1 Å². The monoisotopic (exact) mass is 439 g/mol. The Morgan fingerprint density at radius 2 is 1.90 bits per heavy atom. The van der Waals surface area contributed by atoms with Gasteiger partial charge in [-0.15, -0.1) is 0 Å². The lowest BCUT2D eigenvalue weighted by molar-refractivity contribution is -0.138. The summed E-state index contributed by atoms with van der Waals surface area (Å²) < 4.78 is 16.7. The molecule has 1 amide bonds. The Hall–Kier alpha value is -2.09. The van der Waals surface area contributed by atoms with Crippen LogP contribution in [0.25, 0.3) is 5.57 Å². The Labute approximate surface area is 182 Å². The maximum atomic E-state index is 13.1. The summed E-state index contributed by atoms with van der Waals surface area (Å²) in [5, 5.41) is 10.6. The van der Waals surface area contributed by atoms with Crippen LogP contribution in [-0.4, -0.2) is 50.0 Å². The fourth-order valence-electron chi connectivity index (χ4n) is 4.23. The van der Waals surface area contributed by atoms with E-state index in [2.05, 4.69) is 5.32 Å². The van der Waals surface area contributed by atoms with E-state index in [1.54, 1.807) is 13.2 Å². The Morgan fingerprint density at radius 1 is 1.27 bits per heavy atom. The first-order valence-electron chi connectivity index (χ1n) is 9.95.